The second-order valence-corrected chi connectivity index (χ2v) is 6.78. The molecule has 7 heteroatoms. The highest BCUT2D eigenvalue weighted by atomic mass is 32.2. The second-order valence-electron chi connectivity index (χ2n) is 5.62. The van der Waals surface area contributed by atoms with Crippen molar-refractivity contribution < 1.29 is 23.8 Å². The molecule has 0 aromatic heterocycles. The molecule has 0 saturated carbocycles. The van der Waals surface area contributed by atoms with Gasteiger partial charge in [-0.15, -0.1) is 11.8 Å². The minimum atomic E-state index is -0.585. The van der Waals surface area contributed by atoms with E-state index in [1.165, 1.54) is 0 Å². The number of hydrogen-bond acceptors (Lipinski definition) is 6. The molecule has 1 amide bonds. The Morgan fingerprint density at radius 3 is 2.39 bits per heavy atom. The Kier molecular flexibility index (Phi) is 9.21. The second kappa shape index (κ2) is 11.9. The number of carbonyl (C=O) groups excluding carboxylic acids is 2. The van der Waals surface area contributed by atoms with Crippen LogP contribution in [0.4, 0.5) is 0 Å². The van der Waals surface area contributed by atoms with Crippen molar-refractivity contribution in [2.75, 3.05) is 32.1 Å². The van der Waals surface area contributed by atoms with Gasteiger partial charge in [-0.25, -0.2) is 4.79 Å². The van der Waals surface area contributed by atoms with Gasteiger partial charge < -0.3 is 19.5 Å². The molecule has 0 saturated heterocycles. The van der Waals surface area contributed by atoms with E-state index in [0.29, 0.717) is 36.8 Å². The third-order valence-electron chi connectivity index (χ3n) is 3.55. The van der Waals surface area contributed by atoms with Crippen molar-refractivity contribution in [1.29, 1.82) is 0 Å². The Morgan fingerprint density at radius 1 is 0.964 bits per heavy atom. The van der Waals surface area contributed by atoms with Crippen molar-refractivity contribution in [2.24, 2.45) is 0 Å². The summed E-state index contributed by atoms with van der Waals surface area (Å²) in [6.45, 7) is 4.82. The normalized spacial score (nSPS) is 10.2. The Bertz CT molecular complexity index is 767. The number of ether oxygens (including phenoxy) is 3. The highest BCUT2D eigenvalue weighted by Crippen LogP contribution is 2.28. The van der Waals surface area contributed by atoms with Crippen LogP contribution >= 0.6 is 11.8 Å². The van der Waals surface area contributed by atoms with Crippen molar-refractivity contribution in [3.63, 3.8) is 0 Å². The fourth-order valence-corrected chi connectivity index (χ4v) is 3.11. The Balaban J connectivity index is 1.76. The van der Waals surface area contributed by atoms with E-state index in [4.69, 9.17) is 14.2 Å². The Morgan fingerprint density at radius 2 is 1.68 bits per heavy atom. The smallest absolute Gasteiger partial charge is 0.338 e. The number of thioether (sulfide) groups is 1. The molecule has 2 aromatic rings. The van der Waals surface area contributed by atoms with Crippen LogP contribution in [0.2, 0.25) is 0 Å². The maximum absolute atomic E-state index is 12.2. The van der Waals surface area contributed by atoms with Gasteiger partial charge in [0.1, 0.15) is 0 Å². The lowest BCUT2D eigenvalue weighted by Crippen LogP contribution is -2.30. The molecule has 0 aliphatic heterocycles. The molecule has 0 aliphatic rings. The van der Waals surface area contributed by atoms with Crippen LogP contribution in [0.1, 0.15) is 24.2 Å². The average molecular weight is 404 g/mol. The fraction of sp³-hybridized carbons (Fsp3) is 0.333. The quantitative estimate of drug-likeness (QED) is 0.351. The molecular weight excluding hydrogens is 378 g/mol. The molecule has 0 heterocycles. The highest BCUT2D eigenvalue weighted by molar-refractivity contribution is 7.99. The average Bonchev–Trinajstić information content (AvgIpc) is 2.72. The summed E-state index contributed by atoms with van der Waals surface area (Å²) in [5.41, 5.74) is 0.305. The molecule has 28 heavy (non-hydrogen) atoms. The topological polar surface area (TPSA) is 73.9 Å². The van der Waals surface area contributed by atoms with Gasteiger partial charge in [0.05, 0.1) is 18.8 Å². The number of esters is 1. The lowest BCUT2D eigenvalue weighted by molar-refractivity contribution is -0.124. The lowest BCUT2D eigenvalue weighted by Gasteiger charge is -2.12. The van der Waals surface area contributed by atoms with Crippen LogP contribution in [0.5, 0.6) is 11.5 Å². The first-order valence-corrected chi connectivity index (χ1v) is 10.1. The van der Waals surface area contributed by atoms with E-state index >= 15 is 0 Å². The summed E-state index contributed by atoms with van der Waals surface area (Å²) in [5.74, 6) is 0.854. The van der Waals surface area contributed by atoms with Crippen molar-refractivity contribution in [1.82, 2.24) is 5.32 Å². The van der Waals surface area contributed by atoms with E-state index in [1.807, 2.05) is 44.2 Å². The first-order chi connectivity index (χ1) is 13.6. The monoisotopic (exact) mass is 403 g/mol. The van der Waals surface area contributed by atoms with E-state index in [0.717, 1.165) is 10.6 Å². The third-order valence-corrected chi connectivity index (χ3v) is 4.56. The van der Waals surface area contributed by atoms with Crippen LogP contribution in [0.15, 0.2) is 53.4 Å². The predicted octanol–water partition coefficient (Wildman–Crippen LogP) is 3.55. The van der Waals surface area contributed by atoms with E-state index in [2.05, 4.69) is 5.32 Å². The molecule has 0 atom stereocenters. The predicted molar refractivity (Wildman–Crippen MR) is 109 cm³/mol. The fourth-order valence-electron chi connectivity index (χ4n) is 2.32. The zero-order valence-corrected chi connectivity index (χ0v) is 16.9. The first-order valence-electron chi connectivity index (χ1n) is 9.15. The first kappa shape index (κ1) is 21.6. The maximum Gasteiger partial charge on any atom is 0.338 e. The summed E-state index contributed by atoms with van der Waals surface area (Å²) >= 11 is 1.65. The van der Waals surface area contributed by atoms with Gasteiger partial charge in [-0.1, -0.05) is 18.2 Å². The van der Waals surface area contributed by atoms with Gasteiger partial charge in [0.15, 0.2) is 18.1 Å². The highest BCUT2D eigenvalue weighted by Gasteiger charge is 2.14. The maximum atomic E-state index is 12.2. The van der Waals surface area contributed by atoms with Crippen LogP contribution in [0, 0.1) is 0 Å². The molecule has 0 unspecified atom stereocenters. The summed E-state index contributed by atoms with van der Waals surface area (Å²) in [6.07, 6.45) is 0. The number of benzene rings is 2. The molecule has 2 aromatic carbocycles. The Labute approximate surface area is 169 Å². The summed E-state index contributed by atoms with van der Waals surface area (Å²) in [4.78, 5) is 25.2. The van der Waals surface area contributed by atoms with Gasteiger partial charge in [0.2, 0.25) is 0 Å². The number of hydrogen-bond donors (Lipinski definition) is 1. The largest absolute Gasteiger partial charge is 0.490 e. The van der Waals surface area contributed by atoms with Gasteiger partial charge in [0, 0.05) is 17.2 Å². The van der Waals surface area contributed by atoms with Gasteiger partial charge in [-0.05, 0) is 44.2 Å². The van der Waals surface area contributed by atoms with Crippen LogP contribution in [-0.4, -0.2) is 44.0 Å². The molecular formula is C21H25NO5S. The molecule has 0 bridgehead atoms. The number of amides is 1. The summed E-state index contributed by atoms with van der Waals surface area (Å²) in [6, 6.07) is 14.7. The molecule has 0 aliphatic carbocycles. The summed E-state index contributed by atoms with van der Waals surface area (Å²) < 4.78 is 16.0. The van der Waals surface area contributed by atoms with Crippen LogP contribution in [0.3, 0.4) is 0 Å². The number of carbonyl (C=O) groups is 2. The van der Waals surface area contributed by atoms with Crippen molar-refractivity contribution in [2.45, 2.75) is 18.7 Å². The summed E-state index contributed by atoms with van der Waals surface area (Å²) in [7, 11) is 0. The van der Waals surface area contributed by atoms with Gasteiger partial charge >= 0.3 is 5.97 Å². The van der Waals surface area contributed by atoms with E-state index in [-0.39, 0.29) is 12.5 Å². The zero-order chi connectivity index (χ0) is 20.2. The third kappa shape index (κ3) is 7.15. The van der Waals surface area contributed by atoms with Crippen molar-refractivity contribution >= 4 is 23.6 Å². The van der Waals surface area contributed by atoms with Gasteiger partial charge in [-0.3, -0.25) is 4.79 Å². The molecule has 0 spiro atoms. The molecule has 150 valence electrons. The molecule has 0 fully saturated rings. The van der Waals surface area contributed by atoms with Crippen LogP contribution in [0.25, 0.3) is 0 Å². The lowest BCUT2D eigenvalue weighted by atomic mass is 10.2. The van der Waals surface area contributed by atoms with Crippen molar-refractivity contribution in [3.8, 4) is 11.5 Å². The van der Waals surface area contributed by atoms with E-state index in [1.54, 1.807) is 30.0 Å². The van der Waals surface area contributed by atoms with Crippen LogP contribution in [-0.2, 0) is 9.53 Å². The minimum Gasteiger partial charge on any atom is -0.490 e. The Hall–Kier alpha value is -2.67. The van der Waals surface area contributed by atoms with Crippen LogP contribution < -0.4 is 14.8 Å². The number of rotatable bonds is 11. The summed E-state index contributed by atoms with van der Waals surface area (Å²) in [5, 5.41) is 2.74. The van der Waals surface area contributed by atoms with E-state index < -0.39 is 5.97 Å². The minimum absolute atomic E-state index is 0.305. The van der Waals surface area contributed by atoms with Crippen molar-refractivity contribution in [3.05, 3.63) is 54.1 Å². The number of nitrogens with one attached hydrogen (secondary N) is 1. The standard InChI is InChI=1S/C21H25NO5S/c1-3-25-18-11-10-16(14-19(18)26-4-2)21(24)27-15-20(23)22-12-13-28-17-8-6-5-7-9-17/h5-11,14H,3-4,12-13,15H2,1-2H3,(H,22,23). The molecule has 1 N–H and O–H groups in total. The molecule has 6 nitrogen and oxygen atoms in total. The van der Waals surface area contributed by atoms with Gasteiger partial charge in [0.25, 0.3) is 5.91 Å². The molecule has 0 radical (unpaired) electrons. The van der Waals surface area contributed by atoms with Gasteiger partial charge in [-0.2, -0.15) is 0 Å². The molecule has 2 rings (SSSR count). The SMILES string of the molecule is CCOc1ccc(C(=O)OCC(=O)NCCSc2ccccc2)cc1OCC. The zero-order valence-electron chi connectivity index (χ0n) is 16.1. The van der Waals surface area contributed by atoms with E-state index in [9.17, 15) is 9.59 Å².